The predicted molar refractivity (Wildman–Crippen MR) is 139 cm³/mol. The molecule has 35 heavy (non-hydrogen) atoms. The minimum atomic E-state index is -0.502. The van der Waals surface area contributed by atoms with Crippen molar-refractivity contribution in [2.45, 2.75) is 110 Å². The number of methoxy groups -OCH3 is 1. The van der Waals surface area contributed by atoms with Gasteiger partial charge in [0.15, 0.2) is 11.6 Å². The van der Waals surface area contributed by atoms with Gasteiger partial charge in [-0.05, 0) is 99.5 Å². The maximum Gasteiger partial charge on any atom is 0.314 e. The summed E-state index contributed by atoms with van der Waals surface area (Å²) < 4.78 is 24.4. The Balaban J connectivity index is 1.17. The van der Waals surface area contributed by atoms with E-state index in [-0.39, 0.29) is 23.4 Å². The van der Waals surface area contributed by atoms with E-state index in [1.54, 1.807) is 6.07 Å². The first-order valence-electron chi connectivity index (χ1n) is 14.6. The predicted octanol–water partition coefficient (Wildman–Crippen LogP) is 8.74. The Morgan fingerprint density at radius 2 is 1.51 bits per heavy atom. The standard InChI is InChI=1S/C31H47FO3/c1-3-4-5-6-7-8-22-9-10-27-20-26(16-15-25(27)19-22)23-11-13-24(14-12-23)31(33)35-28-17-18-30(34-2)29(32)21-28/h17-18,21-27H,3-16,19-20H2,1-2H3. The fraction of sp³-hybridized carbons (Fsp3) is 0.774. The lowest BCUT2D eigenvalue weighted by Gasteiger charge is -2.45. The maximum atomic E-state index is 13.9. The number of ether oxygens (including phenoxy) is 2. The van der Waals surface area contributed by atoms with Crippen LogP contribution in [0.3, 0.4) is 0 Å². The van der Waals surface area contributed by atoms with Gasteiger partial charge in [-0.1, -0.05) is 51.9 Å². The first-order valence-corrected chi connectivity index (χ1v) is 14.6. The van der Waals surface area contributed by atoms with E-state index < -0.39 is 5.82 Å². The van der Waals surface area contributed by atoms with Gasteiger partial charge in [-0.2, -0.15) is 0 Å². The van der Waals surface area contributed by atoms with Crippen molar-refractivity contribution in [2.24, 2.45) is 35.5 Å². The molecule has 0 heterocycles. The summed E-state index contributed by atoms with van der Waals surface area (Å²) in [6, 6.07) is 4.35. The number of hydrogen-bond donors (Lipinski definition) is 0. The van der Waals surface area contributed by atoms with Crippen LogP contribution >= 0.6 is 0 Å². The lowest BCUT2D eigenvalue weighted by atomic mass is 9.60. The van der Waals surface area contributed by atoms with Crippen molar-refractivity contribution in [3.63, 3.8) is 0 Å². The minimum absolute atomic E-state index is 0.0551. The molecule has 0 aliphatic heterocycles. The molecule has 4 unspecified atom stereocenters. The third-order valence-electron chi connectivity index (χ3n) is 9.59. The molecule has 4 rings (SSSR count). The number of unbranched alkanes of at least 4 members (excludes halogenated alkanes) is 4. The number of carbonyl (C=O) groups excluding carboxylic acids is 1. The van der Waals surface area contributed by atoms with Crippen LogP contribution in [0.5, 0.6) is 11.5 Å². The molecule has 1 aromatic carbocycles. The van der Waals surface area contributed by atoms with Crippen LogP contribution in [0.4, 0.5) is 4.39 Å². The summed E-state index contributed by atoms with van der Waals surface area (Å²) in [7, 11) is 1.43. The highest BCUT2D eigenvalue weighted by Crippen LogP contribution is 2.49. The second-order valence-corrected chi connectivity index (χ2v) is 11.8. The molecule has 4 atom stereocenters. The number of rotatable bonds is 10. The van der Waals surface area contributed by atoms with Crippen molar-refractivity contribution >= 4 is 5.97 Å². The summed E-state index contributed by atoms with van der Waals surface area (Å²) in [5, 5.41) is 0. The van der Waals surface area contributed by atoms with Gasteiger partial charge in [0.25, 0.3) is 0 Å². The SMILES string of the molecule is CCCCCCCC1CCC2CC(C3CCC(C(=O)Oc4ccc(OC)c(F)c4)CC3)CCC2C1. The van der Waals surface area contributed by atoms with Crippen molar-refractivity contribution in [3.05, 3.63) is 24.0 Å². The smallest absolute Gasteiger partial charge is 0.314 e. The van der Waals surface area contributed by atoms with Crippen LogP contribution in [0.1, 0.15) is 110 Å². The van der Waals surface area contributed by atoms with Crippen molar-refractivity contribution in [3.8, 4) is 11.5 Å². The van der Waals surface area contributed by atoms with E-state index in [1.165, 1.54) is 96.3 Å². The normalized spacial score (nSPS) is 30.9. The second kappa shape index (κ2) is 13.1. The maximum absolute atomic E-state index is 13.9. The van der Waals surface area contributed by atoms with Gasteiger partial charge in [0.1, 0.15) is 5.75 Å². The molecule has 0 aromatic heterocycles. The van der Waals surface area contributed by atoms with Gasteiger partial charge < -0.3 is 9.47 Å². The van der Waals surface area contributed by atoms with E-state index in [4.69, 9.17) is 9.47 Å². The molecule has 3 nitrogen and oxygen atoms in total. The number of fused-ring (bicyclic) bond motifs is 1. The molecule has 0 bridgehead atoms. The summed E-state index contributed by atoms with van der Waals surface area (Å²) in [5.74, 6) is 4.23. The molecule has 0 saturated heterocycles. The molecule has 0 radical (unpaired) electrons. The van der Waals surface area contributed by atoms with Crippen LogP contribution in [-0.2, 0) is 4.79 Å². The van der Waals surface area contributed by atoms with Crippen molar-refractivity contribution in [1.29, 1.82) is 0 Å². The minimum Gasteiger partial charge on any atom is -0.494 e. The topological polar surface area (TPSA) is 35.5 Å². The average molecular weight is 487 g/mol. The zero-order valence-corrected chi connectivity index (χ0v) is 22.1. The van der Waals surface area contributed by atoms with Crippen molar-refractivity contribution in [2.75, 3.05) is 7.11 Å². The first kappa shape index (κ1) is 26.5. The van der Waals surface area contributed by atoms with Gasteiger partial charge in [0.2, 0.25) is 0 Å². The van der Waals surface area contributed by atoms with E-state index in [9.17, 15) is 9.18 Å². The van der Waals surface area contributed by atoms with Gasteiger partial charge in [-0.25, -0.2) is 4.39 Å². The van der Waals surface area contributed by atoms with Crippen LogP contribution < -0.4 is 9.47 Å². The Bertz CT molecular complexity index is 800. The second-order valence-electron chi connectivity index (χ2n) is 11.8. The summed E-state index contributed by atoms with van der Waals surface area (Å²) >= 11 is 0. The third kappa shape index (κ3) is 7.23. The Kier molecular flexibility index (Phi) is 9.92. The van der Waals surface area contributed by atoms with E-state index in [0.29, 0.717) is 0 Å². The first-order chi connectivity index (χ1) is 17.1. The summed E-state index contributed by atoms with van der Waals surface area (Å²) in [6.45, 7) is 2.30. The van der Waals surface area contributed by atoms with Gasteiger partial charge in [0, 0.05) is 6.07 Å². The molecule has 4 heteroatoms. The molecule has 3 aliphatic carbocycles. The van der Waals surface area contributed by atoms with E-state index in [0.717, 1.165) is 55.3 Å². The quantitative estimate of drug-likeness (QED) is 0.188. The van der Waals surface area contributed by atoms with Crippen LogP contribution in [0, 0.1) is 41.3 Å². The lowest BCUT2D eigenvalue weighted by molar-refractivity contribution is -0.140. The van der Waals surface area contributed by atoms with Crippen molar-refractivity contribution < 1.29 is 18.7 Å². The summed E-state index contributed by atoms with van der Waals surface area (Å²) in [5.41, 5.74) is 0. The highest BCUT2D eigenvalue weighted by Gasteiger charge is 2.39. The molecular weight excluding hydrogens is 439 g/mol. The van der Waals surface area contributed by atoms with Crippen LogP contribution in [0.15, 0.2) is 18.2 Å². The Hall–Kier alpha value is -1.58. The number of esters is 1. The Morgan fingerprint density at radius 3 is 2.23 bits per heavy atom. The van der Waals surface area contributed by atoms with E-state index in [1.807, 2.05) is 0 Å². The van der Waals surface area contributed by atoms with Gasteiger partial charge in [0.05, 0.1) is 13.0 Å². The zero-order chi connectivity index (χ0) is 24.6. The Labute approximate surface area is 212 Å². The van der Waals surface area contributed by atoms with Crippen molar-refractivity contribution in [1.82, 2.24) is 0 Å². The zero-order valence-electron chi connectivity index (χ0n) is 22.1. The molecule has 0 amide bonds. The number of halogens is 1. The molecule has 0 spiro atoms. The number of benzene rings is 1. The third-order valence-corrected chi connectivity index (χ3v) is 9.59. The van der Waals surface area contributed by atoms with Crippen LogP contribution in [0.25, 0.3) is 0 Å². The van der Waals surface area contributed by atoms with Crippen LogP contribution in [-0.4, -0.2) is 13.1 Å². The van der Waals surface area contributed by atoms with Gasteiger partial charge in [-0.3, -0.25) is 4.79 Å². The summed E-state index contributed by atoms with van der Waals surface area (Å²) in [6.07, 6.45) is 21.3. The monoisotopic (exact) mass is 486 g/mol. The fourth-order valence-electron chi connectivity index (χ4n) is 7.49. The molecule has 3 saturated carbocycles. The number of carbonyl (C=O) groups is 1. The molecule has 1 aromatic rings. The highest BCUT2D eigenvalue weighted by molar-refractivity contribution is 5.75. The molecular formula is C31H47FO3. The fourth-order valence-corrected chi connectivity index (χ4v) is 7.49. The lowest BCUT2D eigenvalue weighted by Crippen LogP contribution is -2.35. The summed E-state index contributed by atoms with van der Waals surface area (Å²) in [4.78, 5) is 12.7. The van der Waals surface area contributed by atoms with Crippen LogP contribution in [0.2, 0.25) is 0 Å². The Morgan fingerprint density at radius 1 is 0.857 bits per heavy atom. The number of hydrogen-bond acceptors (Lipinski definition) is 3. The molecule has 0 N–H and O–H groups in total. The average Bonchev–Trinajstić information content (AvgIpc) is 2.88. The molecule has 3 aliphatic rings. The van der Waals surface area contributed by atoms with Gasteiger partial charge >= 0.3 is 5.97 Å². The van der Waals surface area contributed by atoms with Gasteiger partial charge in [-0.15, -0.1) is 0 Å². The van der Waals surface area contributed by atoms with E-state index in [2.05, 4.69) is 6.92 Å². The van der Waals surface area contributed by atoms with E-state index >= 15 is 0 Å². The highest BCUT2D eigenvalue weighted by atomic mass is 19.1. The largest absolute Gasteiger partial charge is 0.494 e. The molecule has 196 valence electrons. The molecule has 3 fully saturated rings.